The van der Waals surface area contributed by atoms with E-state index in [1.807, 2.05) is 24.3 Å². The van der Waals surface area contributed by atoms with E-state index in [9.17, 15) is 14.9 Å². The molecule has 166 valence electrons. The maximum Gasteiger partial charge on any atom is 0.278 e. The van der Waals surface area contributed by atoms with Crippen molar-refractivity contribution in [1.82, 2.24) is 9.88 Å². The van der Waals surface area contributed by atoms with Crippen LogP contribution >= 0.6 is 0 Å². The number of nitrogens with zero attached hydrogens (tertiary/aromatic N) is 4. The number of hydrogen-bond acceptors (Lipinski definition) is 7. The maximum absolute atomic E-state index is 12.6. The summed E-state index contributed by atoms with van der Waals surface area (Å²) in [5, 5.41) is 12.6. The van der Waals surface area contributed by atoms with Crippen molar-refractivity contribution in [3.63, 3.8) is 0 Å². The predicted octanol–water partition coefficient (Wildman–Crippen LogP) is 3.02. The average Bonchev–Trinajstić information content (AvgIpc) is 2.83. The van der Waals surface area contributed by atoms with Gasteiger partial charge in [-0.05, 0) is 29.8 Å². The van der Waals surface area contributed by atoms with Crippen molar-refractivity contribution >= 4 is 28.1 Å². The summed E-state index contributed by atoms with van der Waals surface area (Å²) in [5.74, 6) is 0.702. The Morgan fingerprint density at radius 2 is 1.94 bits per heavy atom. The number of methoxy groups -OCH3 is 1. The number of fused-ring (bicyclic) bond motifs is 1. The number of aromatic nitrogens is 1. The van der Waals surface area contributed by atoms with Crippen LogP contribution in [0.1, 0.15) is 5.56 Å². The molecule has 0 unspecified atom stereocenters. The molecule has 1 saturated heterocycles. The molecule has 4 rings (SSSR count). The van der Waals surface area contributed by atoms with Gasteiger partial charge in [0.2, 0.25) is 5.91 Å². The quantitative estimate of drug-likeness (QED) is 0.415. The number of anilines is 1. The lowest BCUT2D eigenvalue weighted by Crippen LogP contribution is -2.49. The first-order valence-corrected chi connectivity index (χ1v) is 10.3. The van der Waals surface area contributed by atoms with Crippen molar-refractivity contribution in [2.24, 2.45) is 0 Å². The summed E-state index contributed by atoms with van der Waals surface area (Å²) in [6, 6.07) is 12.6. The average molecular weight is 436 g/mol. The predicted molar refractivity (Wildman–Crippen MR) is 120 cm³/mol. The number of hydrogen-bond donors (Lipinski definition) is 0. The van der Waals surface area contributed by atoms with E-state index in [0.29, 0.717) is 38.2 Å². The van der Waals surface area contributed by atoms with Crippen LogP contribution in [-0.4, -0.2) is 60.6 Å². The smallest absolute Gasteiger partial charge is 0.278 e. The molecule has 1 amide bonds. The number of benzene rings is 2. The first-order chi connectivity index (χ1) is 15.6. The molecule has 2 aromatic carbocycles. The van der Waals surface area contributed by atoms with E-state index in [4.69, 9.17) is 9.47 Å². The van der Waals surface area contributed by atoms with E-state index in [2.05, 4.69) is 9.88 Å². The topological polar surface area (TPSA) is 98.0 Å². The zero-order valence-corrected chi connectivity index (χ0v) is 17.8. The zero-order chi connectivity index (χ0) is 22.5. The van der Waals surface area contributed by atoms with Gasteiger partial charge in [-0.15, -0.1) is 0 Å². The molecule has 0 bridgehead atoms. The summed E-state index contributed by atoms with van der Waals surface area (Å²) in [6.45, 7) is 2.75. The fourth-order valence-corrected chi connectivity index (χ4v) is 3.90. The summed E-state index contributed by atoms with van der Waals surface area (Å²) in [5.41, 5.74) is 1.90. The minimum Gasteiger partial charge on any atom is -0.497 e. The second-order valence-electron chi connectivity index (χ2n) is 7.49. The van der Waals surface area contributed by atoms with Crippen molar-refractivity contribution in [3.05, 3.63) is 70.5 Å². The van der Waals surface area contributed by atoms with E-state index in [0.717, 1.165) is 22.4 Å². The summed E-state index contributed by atoms with van der Waals surface area (Å²) >= 11 is 0. The van der Waals surface area contributed by atoms with Gasteiger partial charge in [0.05, 0.1) is 24.0 Å². The Morgan fingerprint density at radius 1 is 1.12 bits per heavy atom. The normalized spacial score (nSPS) is 13.9. The third-order valence-electron chi connectivity index (χ3n) is 5.57. The second-order valence-corrected chi connectivity index (χ2v) is 7.49. The molecular weight excluding hydrogens is 412 g/mol. The van der Waals surface area contributed by atoms with Crippen LogP contribution in [0.2, 0.25) is 0 Å². The highest BCUT2D eigenvalue weighted by atomic mass is 16.6. The number of pyridine rings is 1. The van der Waals surface area contributed by atoms with E-state index in [1.54, 1.807) is 30.3 Å². The van der Waals surface area contributed by atoms with Crippen LogP contribution in [0, 0.1) is 10.1 Å². The molecule has 0 atom stereocenters. The second kappa shape index (κ2) is 9.61. The lowest BCUT2D eigenvalue weighted by molar-refractivity contribution is -0.383. The minimum atomic E-state index is -0.393. The Kier molecular flexibility index (Phi) is 6.46. The van der Waals surface area contributed by atoms with E-state index in [1.165, 1.54) is 12.3 Å². The van der Waals surface area contributed by atoms with E-state index in [-0.39, 0.29) is 18.2 Å². The van der Waals surface area contributed by atoms with Gasteiger partial charge in [-0.3, -0.25) is 19.9 Å². The fraction of sp³-hybridized carbons (Fsp3) is 0.304. The summed E-state index contributed by atoms with van der Waals surface area (Å²) in [6.07, 6.45) is 3.16. The van der Waals surface area contributed by atoms with Crippen molar-refractivity contribution in [3.8, 4) is 5.75 Å². The van der Waals surface area contributed by atoms with Gasteiger partial charge in [0.15, 0.2) is 0 Å². The lowest BCUT2D eigenvalue weighted by Gasteiger charge is -2.36. The monoisotopic (exact) mass is 436 g/mol. The van der Waals surface area contributed by atoms with Gasteiger partial charge in [-0.2, -0.15) is 0 Å². The Bertz CT molecular complexity index is 1130. The first kappa shape index (κ1) is 21.5. The summed E-state index contributed by atoms with van der Waals surface area (Å²) in [7, 11) is 1.61. The molecule has 3 aromatic rings. The summed E-state index contributed by atoms with van der Waals surface area (Å²) in [4.78, 5) is 31.5. The van der Waals surface area contributed by atoms with Crippen LogP contribution in [0.3, 0.4) is 0 Å². The largest absolute Gasteiger partial charge is 0.497 e. The minimum absolute atomic E-state index is 0.0172. The Balaban J connectivity index is 1.34. The Morgan fingerprint density at radius 3 is 2.69 bits per heavy atom. The molecule has 0 saturated carbocycles. The number of nitro benzene ring substituents is 1. The summed E-state index contributed by atoms with van der Waals surface area (Å²) < 4.78 is 10.8. The molecule has 9 nitrogen and oxygen atoms in total. The van der Waals surface area contributed by atoms with Gasteiger partial charge in [0, 0.05) is 55.7 Å². The number of ether oxygens (including phenoxy) is 2. The molecule has 0 N–H and O–H groups in total. The van der Waals surface area contributed by atoms with Gasteiger partial charge in [-0.25, -0.2) is 0 Å². The van der Waals surface area contributed by atoms with Crippen LogP contribution in [0.4, 0.5) is 11.4 Å². The third-order valence-corrected chi connectivity index (χ3v) is 5.57. The highest BCUT2D eigenvalue weighted by Gasteiger charge is 2.24. The number of rotatable bonds is 7. The molecule has 0 spiro atoms. The van der Waals surface area contributed by atoms with Crippen molar-refractivity contribution in [1.29, 1.82) is 0 Å². The number of piperazine rings is 1. The van der Waals surface area contributed by atoms with Crippen molar-refractivity contribution < 1.29 is 19.2 Å². The molecule has 9 heteroatoms. The molecule has 1 fully saturated rings. The third kappa shape index (κ3) is 4.62. The van der Waals surface area contributed by atoms with E-state index < -0.39 is 4.92 Å². The number of nitro groups is 1. The SMILES string of the molecule is COc1cccc(COCC(=O)N2CCN(c3ccc([N+](=O)[O-])c4cnccc34)CC2)c1. The van der Waals surface area contributed by atoms with Crippen LogP contribution < -0.4 is 9.64 Å². The van der Waals surface area contributed by atoms with Crippen molar-refractivity contribution in [2.75, 3.05) is 44.8 Å². The molecular formula is C23H24N4O5. The van der Waals surface area contributed by atoms with Gasteiger partial charge >= 0.3 is 0 Å². The van der Waals surface area contributed by atoms with Crippen molar-refractivity contribution in [2.45, 2.75) is 6.61 Å². The molecule has 1 aromatic heterocycles. The number of non-ortho nitro benzene ring substituents is 1. The maximum atomic E-state index is 12.6. The van der Waals surface area contributed by atoms with Gasteiger partial charge in [0.25, 0.3) is 5.69 Å². The molecule has 1 aliphatic heterocycles. The van der Waals surface area contributed by atoms with Crippen LogP contribution in [0.15, 0.2) is 54.9 Å². The molecule has 32 heavy (non-hydrogen) atoms. The zero-order valence-electron chi connectivity index (χ0n) is 17.8. The molecule has 2 heterocycles. The van der Waals surface area contributed by atoms with E-state index >= 15 is 0 Å². The first-order valence-electron chi connectivity index (χ1n) is 10.3. The molecule has 1 aliphatic rings. The van der Waals surface area contributed by atoms with Crippen LogP contribution in [0.5, 0.6) is 5.75 Å². The Hall–Kier alpha value is -3.72. The van der Waals surface area contributed by atoms with Gasteiger partial charge in [0.1, 0.15) is 12.4 Å². The molecule has 0 radical (unpaired) electrons. The lowest BCUT2D eigenvalue weighted by atomic mass is 10.1. The number of carbonyl (C=O) groups is 1. The number of carbonyl (C=O) groups excluding carboxylic acids is 1. The highest BCUT2D eigenvalue weighted by molar-refractivity contribution is 5.99. The number of amides is 1. The molecule has 0 aliphatic carbocycles. The fourth-order valence-electron chi connectivity index (χ4n) is 3.90. The highest BCUT2D eigenvalue weighted by Crippen LogP contribution is 2.33. The van der Waals surface area contributed by atoms with Crippen LogP contribution in [0.25, 0.3) is 10.8 Å². The Labute approximate surface area is 185 Å². The van der Waals surface area contributed by atoms with Gasteiger partial charge in [-0.1, -0.05) is 12.1 Å². The van der Waals surface area contributed by atoms with Crippen LogP contribution in [-0.2, 0) is 16.1 Å². The van der Waals surface area contributed by atoms with Gasteiger partial charge < -0.3 is 19.3 Å². The standard InChI is InChI=1S/C23H24N4O5/c1-31-18-4-2-3-17(13-18)15-32-16-23(28)26-11-9-25(10-12-26)21-5-6-22(27(29)30)20-14-24-8-7-19(20)21/h2-8,13-14H,9-12,15-16H2,1H3.